The lowest BCUT2D eigenvalue weighted by molar-refractivity contribution is -0.172. The minimum absolute atomic E-state index is 0.0443. The Morgan fingerprint density at radius 2 is 1.89 bits per heavy atom. The molecular formula is C4H7F3OS. The summed E-state index contributed by atoms with van der Waals surface area (Å²) < 4.78 is 37.8. The molecule has 0 saturated heterocycles. The maximum atomic E-state index is 11.2. The predicted molar refractivity (Wildman–Crippen MR) is 30.7 cm³/mol. The van der Waals surface area contributed by atoms with Crippen molar-refractivity contribution in [3.63, 3.8) is 0 Å². The summed E-state index contributed by atoms with van der Waals surface area (Å²) in [6.07, 6.45) is -4.21. The second kappa shape index (κ2) is 4.00. The SMILES string of the molecule is FC(F)(F)COCCS. The van der Waals surface area contributed by atoms with Crippen LogP contribution in [0.15, 0.2) is 0 Å². The first-order valence-electron chi connectivity index (χ1n) is 2.31. The molecule has 0 saturated carbocycles. The quantitative estimate of drug-likeness (QED) is 0.486. The molecule has 0 aliphatic carbocycles. The van der Waals surface area contributed by atoms with E-state index in [0.29, 0.717) is 5.75 Å². The Morgan fingerprint density at radius 3 is 2.22 bits per heavy atom. The van der Waals surface area contributed by atoms with Gasteiger partial charge < -0.3 is 4.74 Å². The van der Waals surface area contributed by atoms with E-state index in [2.05, 4.69) is 17.4 Å². The van der Waals surface area contributed by atoms with Gasteiger partial charge in [0.15, 0.2) is 0 Å². The molecule has 0 spiro atoms. The van der Waals surface area contributed by atoms with E-state index in [1.807, 2.05) is 0 Å². The van der Waals surface area contributed by atoms with Crippen molar-refractivity contribution in [3.8, 4) is 0 Å². The Hall–Kier alpha value is 0.100. The van der Waals surface area contributed by atoms with Gasteiger partial charge in [0.1, 0.15) is 6.61 Å². The number of halogens is 3. The topological polar surface area (TPSA) is 9.23 Å². The van der Waals surface area contributed by atoms with Gasteiger partial charge in [-0.25, -0.2) is 0 Å². The Kier molecular flexibility index (Phi) is 4.05. The molecule has 0 heterocycles. The van der Waals surface area contributed by atoms with Gasteiger partial charge in [-0.2, -0.15) is 25.8 Å². The fourth-order valence-electron chi connectivity index (χ4n) is 0.252. The molecule has 0 rings (SSSR count). The van der Waals surface area contributed by atoms with Crippen molar-refractivity contribution >= 4 is 12.6 Å². The molecule has 0 N–H and O–H groups in total. The second-order valence-electron chi connectivity index (χ2n) is 1.39. The highest BCUT2D eigenvalue weighted by Crippen LogP contribution is 2.13. The van der Waals surface area contributed by atoms with E-state index < -0.39 is 12.8 Å². The summed E-state index contributed by atoms with van der Waals surface area (Å²) in [5, 5.41) is 0. The fourth-order valence-corrected chi connectivity index (χ4v) is 0.382. The zero-order valence-corrected chi connectivity index (χ0v) is 5.51. The van der Waals surface area contributed by atoms with Gasteiger partial charge in [-0.3, -0.25) is 0 Å². The zero-order chi connectivity index (χ0) is 7.33. The highest BCUT2D eigenvalue weighted by Gasteiger charge is 2.26. The van der Waals surface area contributed by atoms with E-state index in [1.54, 1.807) is 0 Å². The van der Waals surface area contributed by atoms with Crippen LogP contribution in [0.5, 0.6) is 0 Å². The smallest absolute Gasteiger partial charge is 0.371 e. The Labute approximate surface area is 56.6 Å². The number of thiol groups is 1. The number of rotatable bonds is 3. The van der Waals surface area contributed by atoms with E-state index in [4.69, 9.17) is 0 Å². The van der Waals surface area contributed by atoms with Crippen molar-refractivity contribution in [1.82, 2.24) is 0 Å². The van der Waals surface area contributed by atoms with Crippen molar-refractivity contribution < 1.29 is 17.9 Å². The van der Waals surface area contributed by atoms with Gasteiger partial charge in [0.2, 0.25) is 0 Å². The average Bonchev–Trinajstić information content (AvgIpc) is 1.63. The van der Waals surface area contributed by atoms with Gasteiger partial charge in [-0.05, 0) is 0 Å². The standard InChI is InChI=1S/C4H7F3OS/c5-4(6,7)3-8-1-2-9/h9H,1-3H2. The minimum Gasteiger partial charge on any atom is -0.371 e. The zero-order valence-electron chi connectivity index (χ0n) is 4.61. The largest absolute Gasteiger partial charge is 0.411 e. The van der Waals surface area contributed by atoms with Crippen LogP contribution >= 0.6 is 12.6 Å². The number of hydrogen-bond donors (Lipinski definition) is 1. The van der Waals surface area contributed by atoms with Crippen LogP contribution in [0.25, 0.3) is 0 Å². The Balaban J connectivity index is 3.07. The lowest BCUT2D eigenvalue weighted by Gasteiger charge is -2.04. The summed E-state index contributed by atoms with van der Waals surface area (Å²) in [7, 11) is 0. The van der Waals surface area contributed by atoms with Crippen LogP contribution in [0, 0.1) is 0 Å². The van der Waals surface area contributed by atoms with Gasteiger partial charge in [0.05, 0.1) is 6.61 Å². The highest BCUT2D eigenvalue weighted by molar-refractivity contribution is 7.80. The van der Waals surface area contributed by atoms with E-state index in [-0.39, 0.29) is 6.61 Å². The maximum absolute atomic E-state index is 11.2. The van der Waals surface area contributed by atoms with E-state index in [0.717, 1.165) is 0 Å². The molecule has 0 radical (unpaired) electrons. The van der Waals surface area contributed by atoms with E-state index in [1.165, 1.54) is 0 Å². The molecule has 0 unspecified atom stereocenters. The molecule has 5 heteroatoms. The molecule has 0 aromatic rings. The van der Waals surface area contributed by atoms with Crippen LogP contribution in [-0.4, -0.2) is 25.1 Å². The van der Waals surface area contributed by atoms with Crippen LogP contribution in [-0.2, 0) is 4.74 Å². The molecule has 0 amide bonds. The molecule has 0 aliphatic heterocycles. The molecule has 0 aromatic carbocycles. The molecule has 9 heavy (non-hydrogen) atoms. The van der Waals surface area contributed by atoms with Gasteiger partial charge in [-0.1, -0.05) is 0 Å². The van der Waals surface area contributed by atoms with Gasteiger partial charge >= 0.3 is 6.18 Å². The molecule has 0 aliphatic rings. The van der Waals surface area contributed by atoms with E-state index in [9.17, 15) is 13.2 Å². The minimum atomic E-state index is -4.21. The summed E-state index contributed by atoms with van der Waals surface area (Å²) in [6.45, 7) is -1.13. The normalized spacial score (nSPS) is 12.0. The molecule has 0 aromatic heterocycles. The summed E-state index contributed by atoms with van der Waals surface area (Å²) in [4.78, 5) is 0. The third kappa shape index (κ3) is 8.10. The van der Waals surface area contributed by atoms with Crippen LogP contribution in [0.2, 0.25) is 0 Å². The second-order valence-corrected chi connectivity index (χ2v) is 1.84. The van der Waals surface area contributed by atoms with Gasteiger partial charge in [0.25, 0.3) is 0 Å². The van der Waals surface area contributed by atoms with Crippen LogP contribution in [0.3, 0.4) is 0 Å². The van der Waals surface area contributed by atoms with Crippen molar-refractivity contribution in [2.45, 2.75) is 6.18 Å². The first-order valence-corrected chi connectivity index (χ1v) is 2.95. The van der Waals surface area contributed by atoms with E-state index >= 15 is 0 Å². The molecule has 0 fully saturated rings. The Bertz CT molecular complexity index is 72.7. The first kappa shape index (κ1) is 9.10. The number of ether oxygens (including phenoxy) is 1. The number of hydrogen-bond acceptors (Lipinski definition) is 2. The van der Waals surface area contributed by atoms with Gasteiger partial charge in [0, 0.05) is 5.75 Å². The molecule has 0 atom stereocenters. The summed E-state index contributed by atoms with van der Waals surface area (Å²) in [5.74, 6) is 0.316. The van der Waals surface area contributed by atoms with Gasteiger partial charge in [-0.15, -0.1) is 0 Å². The third-order valence-electron chi connectivity index (χ3n) is 0.501. The number of alkyl halides is 3. The van der Waals surface area contributed by atoms with Crippen molar-refractivity contribution in [2.24, 2.45) is 0 Å². The lowest BCUT2D eigenvalue weighted by Crippen LogP contribution is -2.17. The molecule has 1 nitrogen and oxygen atoms in total. The van der Waals surface area contributed by atoms with Crippen molar-refractivity contribution in [1.29, 1.82) is 0 Å². The lowest BCUT2D eigenvalue weighted by atomic mass is 10.7. The van der Waals surface area contributed by atoms with Crippen molar-refractivity contribution in [3.05, 3.63) is 0 Å². The summed E-state index contributed by atoms with van der Waals surface area (Å²) >= 11 is 3.66. The Morgan fingerprint density at radius 1 is 1.33 bits per heavy atom. The molecule has 0 bridgehead atoms. The average molecular weight is 160 g/mol. The van der Waals surface area contributed by atoms with Crippen LogP contribution < -0.4 is 0 Å². The van der Waals surface area contributed by atoms with Crippen LogP contribution in [0.4, 0.5) is 13.2 Å². The van der Waals surface area contributed by atoms with Crippen LogP contribution in [0.1, 0.15) is 0 Å². The fraction of sp³-hybridized carbons (Fsp3) is 1.00. The summed E-state index contributed by atoms with van der Waals surface area (Å²) in [6, 6.07) is 0. The van der Waals surface area contributed by atoms with Crippen molar-refractivity contribution in [2.75, 3.05) is 19.0 Å². The molecular weight excluding hydrogens is 153 g/mol. The molecule has 56 valence electrons. The summed E-state index contributed by atoms with van der Waals surface area (Å²) in [5.41, 5.74) is 0. The monoisotopic (exact) mass is 160 g/mol. The first-order chi connectivity index (χ1) is 4.06. The highest BCUT2D eigenvalue weighted by atomic mass is 32.1. The third-order valence-corrected chi connectivity index (χ3v) is 0.684. The predicted octanol–water partition coefficient (Wildman–Crippen LogP) is 1.50. The maximum Gasteiger partial charge on any atom is 0.411 e.